The summed E-state index contributed by atoms with van der Waals surface area (Å²) >= 11 is 0. The van der Waals surface area contributed by atoms with Crippen molar-refractivity contribution in [3.05, 3.63) is 108 Å². The topological polar surface area (TPSA) is 4.93 Å². The first-order chi connectivity index (χ1) is 15.9. The molecule has 7 rings (SSSR count). The van der Waals surface area contributed by atoms with Gasteiger partial charge in [-0.3, -0.25) is 0 Å². The van der Waals surface area contributed by atoms with Crippen molar-refractivity contribution >= 4 is 39.4 Å². The van der Waals surface area contributed by atoms with E-state index in [2.05, 4.69) is 102 Å². The minimum Gasteiger partial charge on any atom is -0.313 e. The molecule has 0 radical (unpaired) electrons. The normalized spacial score (nSPS) is 14.3. The maximum atomic E-state index is 2.56. The summed E-state index contributed by atoms with van der Waals surface area (Å²) in [6.07, 6.45) is 4.95. The third-order valence-corrected chi connectivity index (χ3v) is 9.63. The average Bonchev–Trinajstić information content (AvgIpc) is 3.36. The molecular formula is C30H24NP. The summed E-state index contributed by atoms with van der Waals surface area (Å²) in [6, 6.07) is 36.2. The fraction of sp³-hybridized carbons (Fsp3) is 0.133. The van der Waals surface area contributed by atoms with Crippen LogP contribution in [-0.2, 0) is 12.8 Å². The van der Waals surface area contributed by atoms with E-state index in [9.17, 15) is 0 Å². The lowest BCUT2D eigenvalue weighted by molar-refractivity contribution is 0.667. The van der Waals surface area contributed by atoms with Gasteiger partial charge in [0.25, 0.3) is 0 Å². The summed E-state index contributed by atoms with van der Waals surface area (Å²) in [5.41, 5.74) is 5.78. The van der Waals surface area contributed by atoms with E-state index in [4.69, 9.17) is 0 Å². The molecule has 1 atom stereocenters. The Labute approximate surface area is 189 Å². The van der Waals surface area contributed by atoms with Gasteiger partial charge in [-0.15, -0.1) is 0 Å². The first-order valence-corrected chi connectivity index (χ1v) is 12.9. The Balaban J connectivity index is 1.66. The standard InChI is InChI=1S/C30H24NP/c1-3-11-21(12-4-1)31-27-17-9-7-15-23(27)25-19-26-24-16-8-10-18-29(24)32(30(26)20-28(25)31)22-13-5-2-6-14-22/h1-6,8,10-14,16,18-20H,7,9,15,17H2. The smallest absolute Gasteiger partial charge is 0.0544 e. The van der Waals surface area contributed by atoms with Crippen LogP contribution in [0, 0.1) is 0 Å². The van der Waals surface area contributed by atoms with Gasteiger partial charge in [0.15, 0.2) is 0 Å². The number of rotatable bonds is 2. The Hall–Kier alpha value is -3.28. The first kappa shape index (κ1) is 18.3. The number of hydrogen-bond acceptors (Lipinski definition) is 0. The van der Waals surface area contributed by atoms with Crippen LogP contribution in [0.2, 0.25) is 0 Å². The Morgan fingerprint density at radius 1 is 0.594 bits per heavy atom. The molecule has 2 heteroatoms. The number of benzene rings is 4. The van der Waals surface area contributed by atoms with E-state index >= 15 is 0 Å². The van der Waals surface area contributed by atoms with Crippen molar-refractivity contribution in [1.82, 2.24) is 4.57 Å². The molecule has 0 amide bonds. The maximum absolute atomic E-state index is 2.56. The molecule has 2 aromatic heterocycles. The van der Waals surface area contributed by atoms with Crippen LogP contribution in [0.25, 0.3) is 42.9 Å². The van der Waals surface area contributed by atoms with Crippen LogP contribution >= 0.6 is 7.53 Å². The Morgan fingerprint density at radius 2 is 1.31 bits per heavy atom. The molecule has 1 unspecified atom stereocenters. The number of para-hydroxylation sites is 1. The van der Waals surface area contributed by atoms with Crippen molar-refractivity contribution in [2.75, 3.05) is 0 Å². The fourth-order valence-corrected chi connectivity index (χ4v) is 8.36. The van der Waals surface area contributed by atoms with Crippen LogP contribution in [0.15, 0.2) is 97.1 Å². The molecule has 32 heavy (non-hydrogen) atoms. The highest BCUT2D eigenvalue weighted by Gasteiger charge is 2.23. The van der Waals surface area contributed by atoms with Gasteiger partial charge in [-0.25, -0.2) is 0 Å². The molecule has 1 aliphatic carbocycles. The number of nitrogens with zero attached hydrogens (tertiary/aromatic N) is 1. The zero-order valence-electron chi connectivity index (χ0n) is 18.0. The second kappa shape index (κ2) is 7.12. The van der Waals surface area contributed by atoms with E-state index in [0.29, 0.717) is 0 Å². The second-order valence-corrected chi connectivity index (χ2v) is 11.0. The molecule has 0 bridgehead atoms. The second-order valence-electron chi connectivity index (χ2n) is 8.88. The lowest BCUT2D eigenvalue weighted by Gasteiger charge is -2.16. The third kappa shape index (κ3) is 2.58. The number of aromatic nitrogens is 1. The number of fused-ring (bicyclic) bond motifs is 6. The van der Waals surface area contributed by atoms with Gasteiger partial charge in [0.1, 0.15) is 0 Å². The molecule has 154 valence electrons. The van der Waals surface area contributed by atoms with E-state index in [1.165, 1.54) is 74.3 Å². The molecule has 2 heterocycles. The van der Waals surface area contributed by atoms with E-state index in [0.717, 1.165) is 0 Å². The molecule has 0 N–H and O–H groups in total. The van der Waals surface area contributed by atoms with Gasteiger partial charge in [-0.05, 0) is 71.6 Å². The largest absolute Gasteiger partial charge is 0.313 e. The average molecular weight is 430 g/mol. The molecule has 1 aliphatic rings. The summed E-state index contributed by atoms with van der Waals surface area (Å²) < 4.78 is 2.56. The molecule has 4 aromatic carbocycles. The van der Waals surface area contributed by atoms with Crippen LogP contribution in [0.4, 0.5) is 0 Å². The van der Waals surface area contributed by atoms with Crippen molar-refractivity contribution in [3.63, 3.8) is 0 Å². The molecule has 0 spiro atoms. The molecule has 0 saturated heterocycles. The molecular weight excluding hydrogens is 405 g/mol. The first-order valence-electron chi connectivity index (χ1n) is 11.6. The third-order valence-electron chi connectivity index (χ3n) is 7.09. The lowest BCUT2D eigenvalue weighted by Crippen LogP contribution is -2.06. The summed E-state index contributed by atoms with van der Waals surface area (Å²) in [6.45, 7) is 0. The zero-order valence-corrected chi connectivity index (χ0v) is 18.9. The maximum Gasteiger partial charge on any atom is 0.0544 e. The van der Waals surface area contributed by atoms with Gasteiger partial charge in [-0.1, -0.05) is 80.3 Å². The number of aryl methyl sites for hydroxylation is 1. The summed E-state index contributed by atoms with van der Waals surface area (Å²) in [5.74, 6) is 0. The van der Waals surface area contributed by atoms with Gasteiger partial charge in [0, 0.05) is 27.0 Å². The SMILES string of the molecule is c1ccc(-n2c3c(c4cc5c6ccccc6p(-c6ccccc6)c5cc42)CCCC3)cc1. The van der Waals surface area contributed by atoms with Crippen molar-refractivity contribution in [3.8, 4) is 11.0 Å². The van der Waals surface area contributed by atoms with Gasteiger partial charge < -0.3 is 4.57 Å². The summed E-state index contributed by atoms with van der Waals surface area (Å²) in [4.78, 5) is 0. The lowest BCUT2D eigenvalue weighted by atomic mass is 9.95. The minimum absolute atomic E-state index is 0.533. The van der Waals surface area contributed by atoms with Gasteiger partial charge in [-0.2, -0.15) is 0 Å². The molecule has 1 nitrogen and oxygen atoms in total. The van der Waals surface area contributed by atoms with Crippen LogP contribution in [0.5, 0.6) is 0 Å². The van der Waals surface area contributed by atoms with E-state index in [-0.39, 0.29) is 0 Å². The fourth-order valence-electron chi connectivity index (χ4n) is 5.73. The highest BCUT2D eigenvalue weighted by atomic mass is 31.1. The van der Waals surface area contributed by atoms with Crippen molar-refractivity contribution in [1.29, 1.82) is 0 Å². The predicted molar refractivity (Wildman–Crippen MR) is 139 cm³/mol. The van der Waals surface area contributed by atoms with Crippen LogP contribution in [-0.4, -0.2) is 4.57 Å². The summed E-state index contributed by atoms with van der Waals surface area (Å²) in [7, 11) is -0.533. The van der Waals surface area contributed by atoms with Crippen molar-refractivity contribution in [2.45, 2.75) is 25.7 Å². The summed E-state index contributed by atoms with van der Waals surface area (Å²) in [5, 5.41) is 8.78. The molecule has 0 aliphatic heterocycles. The van der Waals surface area contributed by atoms with Gasteiger partial charge in [0.2, 0.25) is 0 Å². The quantitative estimate of drug-likeness (QED) is 0.259. The Kier molecular flexibility index (Phi) is 4.07. The molecule has 0 saturated carbocycles. The van der Waals surface area contributed by atoms with Crippen molar-refractivity contribution < 1.29 is 0 Å². The van der Waals surface area contributed by atoms with E-state index < -0.39 is 7.53 Å². The van der Waals surface area contributed by atoms with E-state index in [1.54, 1.807) is 5.56 Å². The minimum atomic E-state index is -0.533. The molecule has 0 fully saturated rings. The molecule has 6 aromatic rings. The van der Waals surface area contributed by atoms with E-state index in [1.807, 2.05) is 0 Å². The highest BCUT2D eigenvalue weighted by molar-refractivity contribution is 7.67. The predicted octanol–water partition coefficient (Wildman–Crippen LogP) is 8.79. The highest BCUT2D eigenvalue weighted by Crippen LogP contribution is 2.56. The van der Waals surface area contributed by atoms with Gasteiger partial charge >= 0.3 is 0 Å². The monoisotopic (exact) mass is 429 g/mol. The van der Waals surface area contributed by atoms with Crippen molar-refractivity contribution in [2.24, 2.45) is 0 Å². The van der Waals surface area contributed by atoms with Crippen LogP contribution < -0.4 is 0 Å². The Bertz CT molecular complexity index is 1600. The number of hydrogen-bond donors (Lipinski definition) is 0. The van der Waals surface area contributed by atoms with Crippen LogP contribution in [0.1, 0.15) is 24.1 Å². The van der Waals surface area contributed by atoms with Crippen LogP contribution in [0.3, 0.4) is 0 Å². The zero-order chi connectivity index (χ0) is 21.1. The Morgan fingerprint density at radius 3 is 2.16 bits per heavy atom. The van der Waals surface area contributed by atoms with Gasteiger partial charge in [0.05, 0.1) is 5.52 Å².